The van der Waals surface area contributed by atoms with Gasteiger partial charge in [0.2, 0.25) is 0 Å². The average Bonchev–Trinajstić information content (AvgIpc) is 2.07. The van der Waals surface area contributed by atoms with Gasteiger partial charge in [-0.1, -0.05) is 11.6 Å². The van der Waals surface area contributed by atoms with Gasteiger partial charge in [0.15, 0.2) is 10.8 Å². The zero-order chi connectivity index (χ0) is 9.42. The Hall–Kier alpha value is -1.42. The molecule has 5 heteroatoms. The molecule has 0 fully saturated rings. The predicted molar refractivity (Wildman–Crippen MR) is 49.0 cm³/mol. The van der Waals surface area contributed by atoms with Gasteiger partial charge >= 0.3 is 0 Å². The van der Waals surface area contributed by atoms with Gasteiger partial charge in [-0.2, -0.15) is 9.61 Å². The van der Waals surface area contributed by atoms with Crippen LogP contribution in [0.1, 0.15) is 5.56 Å². The highest BCUT2D eigenvalue weighted by molar-refractivity contribution is 6.29. The van der Waals surface area contributed by atoms with Gasteiger partial charge in [-0.05, 0) is 18.6 Å². The number of hydrogen-bond donors (Lipinski definition) is 0. The minimum Gasteiger partial charge on any atom is -0.267 e. The summed E-state index contributed by atoms with van der Waals surface area (Å²) in [6.07, 6.45) is 1.46. The van der Waals surface area contributed by atoms with Crippen LogP contribution >= 0.6 is 11.6 Å². The summed E-state index contributed by atoms with van der Waals surface area (Å²) in [5.74, 6) is 0. The lowest BCUT2D eigenvalue weighted by Gasteiger charge is -2.00. The van der Waals surface area contributed by atoms with Crippen LogP contribution in [0.5, 0.6) is 0 Å². The Balaban J connectivity index is 3.03. The molecule has 0 aliphatic rings. The van der Waals surface area contributed by atoms with E-state index in [4.69, 9.17) is 11.6 Å². The van der Waals surface area contributed by atoms with Gasteiger partial charge in [-0.25, -0.2) is 4.98 Å². The first kappa shape index (κ1) is 8.19. The second-order valence-electron chi connectivity index (χ2n) is 2.67. The summed E-state index contributed by atoms with van der Waals surface area (Å²) < 4.78 is 1.19. The van der Waals surface area contributed by atoms with Crippen LogP contribution in [0.15, 0.2) is 23.1 Å². The molecule has 2 heterocycles. The maximum absolute atomic E-state index is 11.3. The first-order valence-electron chi connectivity index (χ1n) is 3.70. The molecular weight excluding hydrogens is 190 g/mol. The standard InChI is InChI=1S/C8H6ClN3O/c1-5-4-6(9)11-12-7(13)2-3-10-8(5)12/h2-4H,1H3. The van der Waals surface area contributed by atoms with E-state index in [1.807, 2.05) is 6.92 Å². The number of aryl methyl sites for hydroxylation is 1. The predicted octanol–water partition coefficient (Wildman–Crippen LogP) is 1.05. The highest BCUT2D eigenvalue weighted by Gasteiger charge is 2.02. The van der Waals surface area contributed by atoms with Crippen molar-refractivity contribution in [1.29, 1.82) is 0 Å². The highest BCUT2D eigenvalue weighted by Crippen LogP contribution is 2.09. The minimum absolute atomic E-state index is 0.226. The van der Waals surface area contributed by atoms with Crippen molar-refractivity contribution in [3.05, 3.63) is 39.4 Å². The molecule has 4 nitrogen and oxygen atoms in total. The molecule has 0 unspecified atom stereocenters. The van der Waals surface area contributed by atoms with Crippen molar-refractivity contribution in [2.75, 3.05) is 0 Å². The number of rotatable bonds is 0. The summed E-state index contributed by atoms with van der Waals surface area (Å²) in [6, 6.07) is 3.01. The minimum atomic E-state index is -0.226. The van der Waals surface area contributed by atoms with E-state index >= 15 is 0 Å². The fraction of sp³-hybridized carbons (Fsp3) is 0.125. The topological polar surface area (TPSA) is 47.3 Å². The van der Waals surface area contributed by atoms with E-state index in [0.717, 1.165) is 5.56 Å². The zero-order valence-corrected chi connectivity index (χ0v) is 7.62. The number of aromatic nitrogens is 3. The van der Waals surface area contributed by atoms with Crippen LogP contribution in [-0.2, 0) is 0 Å². The number of nitrogens with zero attached hydrogens (tertiary/aromatic N) is 3. The Morgan fingerprint density at radius 3 is 3.08 bits per heavy atom. The first-order valence-corrected chi connectivity index (χ1v) is 4.07. The Morgan fingerprint density at radius 1 is 1.54 bits per heavy atom. The molecule has 2 aromatic rings. The molecule has 0 saturated carbocycles. The molecular formula is C8H6ClN3O. The monoisotopic (exact) mass is 195 g/mol. The van der Waals surface area contributed by atoms with E-state index in [-0.39, 0.29) is 5.56 Å². The van der Waals surface area contributed by atoms with E-state index < -0.39 is 0 Å². The van der Waals surface area contributed by atoms with Gasteiger partial charge in [0, 0.05) is 12.3 Å². The van der Waals surface area contributed by atoms with Gasteiger partial charge in [-0.3, -0.25) is 4.79 Å². The van der Waals surface area contributed by atoms with Crippen LogP contribution in [0.25, 0.3) is 5.65 Å². The van der Waals surface area contributed by atoms with Crippen molar-refractivity contribution in [3.8, 4) is 0 Å². The van der Waals surface area contributed by atoms with Crippen LogP contribution < -0.4 is 5.56 Å². The molecule has 0 spiro atoms. The van der Waals surface area contributed by atoms with E-state index in [1.165, 1.54) is 16.8 Å². The Kier molecular flexibility index (Phi) is 1.77. The maximum atomic E-state index is 11.3. The smallest absolute Gasteiger partial charge is 0.267 e. The lowest BCUT2D eigenvalue weighted by atomic mass is 10.3. The summed E-state index contributed by atoms with van der Waals surface area (Å²) in [6.45, 7) is 1.83. The van der Waals surface area contributed by atoms with Gasteiger partial charge in [0.1, 0.15) is 0 Å². The van der Waals surface area contributed by atoms with Gasteiger partial charge in [0.05, 0.1) is 0 Å². The van der Waals surface area contributed by atoms with Crippen LogP contribution in [0.4, 0.5) is 0 Å². The Labute approximate surface area is 78.8 Å². The van der Waals surface area contributed by atoms with E-state index in [2.05, 4.69) is 10.1 Å². The maximum Gasteiger partial charge on any atom is 0.274 e. The molecule has 66 valence electrons. The summed E-state index contributed by atoms with van der Waals surface area (Å²) in [5, 5.41) is 4.13. The van der Waals surface area contributed by atoms with Gasteiger partial charge < -0.3 is 0 Å². The van der Waals surface area contributed by atoms with Crippen molar-refractivity contribution < 1.29 is 0 Å². The molecule has 0 amide bonds. The molecule has 0 aliphatic heterocycles. The zero-order valence-electron chi connectivity index (χ0n) is 6.86. The largest absolute Gasteiger partial charge is 0.274 e. The summed E-state index contributed by atoms with van der Waals surface area (Å²) in [4.78, 5) is 15.3. The van der Waals surface area contributed by atoms with Crippen molar-refractivity contribution in [1.82, 2.24) is 14.6 Å². The average molecular weight is 196 g/mol. The van der Waals surface area contributed by atoms with Gasteiger partial charge in [0.25, 0.3) is 5.56 Å². The summed E-state index contributed by atoms with van der Waals surface area (Å²) in [5.41, 5.74) is 1.14. The lowest BCUT2D eigenvalue weighted by Crippen LogP contribution is -2.16. The van der Waals surface area contributed by atoms with Crippen LogP contribution in [0.2, 0.25) is 5.15 Å². The van der Waals surface area contributed by atoms with Crippen molar-refractivity contribution in [3.63, 3.8) is 0 Å². The number of halogens is 1. The Morgan fingerprint density at radius 2 is 2.31 bits per heavy atom. The molecule has 0 bridgehead atoms. The van der Waals surface area contributed by atoms with Crippen molar-refractivity contribution in [2.24, 2.45) is 0 Å². The molecule has 0 aliphatic carbocycles. The van der Waals surface area contributed by atoms with Crippen molar-refractivity contribution in [2.45, 2.75) is 6.92 Å². The van der Waals surface area contributed by atoms with Crippen LogP contribution in [0.3, 0.4) is 0 Å². The highest BCUT2D eigenvalue weighted by atomic mass is 35.5. The van der Waals surface area contributed by atoms with E-state index in [1.54, 1.807) is 6.07 Å². The third kappa shape index (κ3) is 1.29. The summed E-state index contributed by atoms with van der Waals surface area (Å²) >= 11 is 5.70. The quantitative estimate of drug-likeness (QED) is 0.631. The van der Waals surface area contributed by atoms with Crippen LogP contribution in [0, 0.1) is 6.92 Å². The first-order chi connectivity index (χ1) is 6.18. The second-order valence-corrected chi connectivity index (χ2v) is 3.06. The molecule has 2 aromatic heterocycles. The van der Waals surface area contributed by atoms with Crippen molar-refractivity contribution >= 4 is 17.2 Å². The number of fused-ring (bicyclic) bond motifs is 1. The molecule has 2 rings (SSSR count). The third-order valence-corrected chi connectivity index (χ3v) is 1.89. The lowest BCUT2D eigenvalue weighted by molar-refractivity contribution is 0.859. The molecule has 13 heavy (non-hydrogen) atoms. The molecule has 0 aromatic carbocycles. The third-order valence-electron chi connectivity index (χ3n) is 1.71. The normalized spacial score (nSPS) is 10.6. The van der Waals surface area contributed by atoms with E-state index in [0.29, 0.717) is 10.8 Å². The number of hydrogen-bond acceptors (Lipinski definition) is 3. The summed E-state index contributed by atoms with van der Waals surface area (Å²) in [7, 11) is 0. The van der Waals surface area contributed by atoms with E-state index in [9.17, 15) is 4.79 Å². The van der Waals surface area contributed by atoms with Gasteiger partial charge in [-0.15, -0.1) is 0 Å². The fourth-order valence-corrected chi connectivity index (χ4v) is 1.37. The molecule has 0 saturated heterocycles. The molecule has 0 atom stereocenters. The molecule has 0 N–H and O–H groups in total. The molecule has 0 radical (unpaired) electrons. The van der Waals surface area contributed by atoms with Crippen LogP contribution in [-0.4, -0.2) is 14.6 Å². The SMILES string of the molecule is Cc1cc(Cl)nn2c(=O)ccnc12. The second kappa shape index (κ2) is 2.81. The Bertz CT molecular complexity index is 520. The fourth-order valence-electron chi connectivity index (χ4n) is 1.13.